The molecule has 1 heterocycles. The maximum absolute atomic E-state index is 12.5. The van der Waals surface area contributed by atoms with E-state index in [2.05, 4.69) is 10.6 Å². The van der Waals surface area contributed by atoms with Crippen LogP contribution in [0.4, 0.5) is 4.79 Å². The van der Waals surface area contributed by atoms with E-state index in [4.69, 9.17) is 9.47 Å². The number of hydrogen-bond acceptors (Lipinski definition) is 5. The summed E-state index contributed by atoms with van der Waals surface area (Å²) in [5.74, 6) is 1.03. The molecule has 3 rings (SSSR count). The van der Waals surface area contributed by atoms with E-state index in [1.54, 1.807) is 18.2 Å². The Labute approximate surface area is 196 Å². The van der Waals surface area contributed by atoms with Crippen molar-refractivity contribution in [2.45, 2.75) is 76.8 Å². The third kappa shape index (κ3) is 7.65. The smallest absolute Gasteiger partial charge is 0.317 e. The van der Waals surface area contributed by atoms with Gasteiger partial charge in [-0.05, 0) is 57.2 Å². The lowest BCUT2D eigenvalue weighted by Gasteiger charge is -2.34. The number of Topliss-reactive ketones (excluding diaryl/α,β-unsaturated/α-hetero) is 1. The minimum atomic E-state index is -0.0350. The topological polar surface area (TPSA) is 97.0 Å². The number of carbonyl (C=O) groups excluding carboxylic acids is 3. The first-order valence-corrected chi connectivity index (χ1v) is 12.1. The summed E-state index contributed by atoms with van der Waals surface area (Å²) in [7, 11) is 1.53. The number of amides is 3. The van der Waals surface area contributed by atoms with Gasteiger partial charge in [-0.3, -0.25) is 9.59 Å². The van der Waals surface area contributed by atoms with Crippen LogP contribution in [0.5, 0.6) is 11.5 Å². The van der Waals surface area contributed by atoms with Crippen LogP contribution in [-0.4, -0.2) is 61.5 Å². The summed E-state index contributed by atoms with van der Waals surface area (Å²) in [6.45, 7) is 3.22. The molecule has 0 unspecified atom stereocenters. The molecule has 8 nitrogen and oxygen atoms in total. The first-order valence-electron chi connectivity index (χ1n) is 12.1. The number of methoxy groups -OCH3 is 1. The fourth-order valence-corrected chi connectivity index (χ4v) is 4.46. The van der Waals surface area contributed by atoms with Gasteiger partial charge in [0.25, 0.3) is 0 Å². The van der Waals surface area contributed by atoms with E-state index in [9.17, 15) is 14.4 Å². The number of piperidine rings is 1. The average Bonchev–Trinajstić information content (AvgIpc) is 2.82. The number of likely N-dealkylation sites (tertiary alicyclic amines) is 1. The molecule has 1 saturated heterocycles. The highest BCUT2D eigenvalue weighted by Crippen LogP contribution is 2.28. The Morgan fingerprint density at radius 3 is 2.33 bits per heavy atom. The third-order valence-electron chi connectivity index (χ3n) is 6.46. The van der Waals surface area contributed by atoms with Crippen LogP contribution in [0.2, 0.25) is 0 Å². The zero-order valence-electron chi connectivity index (χ0n) is 19.9. The number of benzene rings is 1. The molecule has 1 aliphatic heterocycles. The van der Waals surface area contributed by atoms with E-state index < -0.39 is 0 Å². The summed E-state index contributed by atoms with van der Waals surface area (Å²) in [6, 6.07) is 5.54. The van der Waals surface area contributed by atoms with Crippen molar-refractivity contribution in [3.63, 3.8) is 0 Å². The average molecular weight is 460 g/mol. The molecule has 8 heteroatoms. The molecular weight excluding hydrogens is 422 g/mol. The molecule has 0 bridgehead atoms. The van der Waals surface area contributed by atoms with Gasteiger partial charge >= 0.3 is 6.03 Å². The lowest BCUT2D eigenvalue weighted by molar-refractivity contribution is -0.122. The van der Waals surface area contributed by atoms with Gasteiger partial charge in [0.05, 0.1) is 13.7 Å². The molecule has 2 fully saturated rings. The highest BCUT2D eigenvalue weighted by molar-refractivity contribution is 5.94. The Morgan fingerprint density at radius 2 is 1.67 bits per heavy atom. The number of nitrogens with zero attached hydrogens (tertiary/aromatic N) is 1. The second-order valence-corrected chi connectivity index (χ2v) is 8.99. The van der Waals surface area contributed by atoms with Gasteiger partial charge in [0, 0.05) is 37.2 Å². The first kappa shape index (κ1) is 24.9. The molecule has 0 radical (unpaired) electrons. The number of urea groups is 1. The van der Waals surface area contributed by atoms with Crippen molar-refractivity contribution in [1.82, 2.24) is 15.5 Å². The fraction of sp³-hybridized carbons (Fsp3) is 0.640. The van der Waals surface area contributed by atoms with Crippen molar-refractivity contribution in [1.29, 1.82) is 0 Å². The van der Waals surface area contributed by atoms with Crippen LogP contribution in [0.15, 0.2) is 18.2 Å². The van der Waals surface area contributed by atoms with E-state index >= 15 is 0 Å². The zero-order chi connectivity index (χ0) is 23.6. The molecule has 2 aliphatic rings. The van der Waals surface area contributed by atoms with Crippen LogP contribution in [0.25, 0.3) is 0 Å². The predicted molar refractivity (Wildman–Crippen MR) is 126 cm³/mol. The Kier molecular flexibility index (Phi) is 9.39. The molecular formula is C25H37N3O5. The van der Waals surface area contributed by atoms with Crippen molar-refractivity contribution in [3.8, 4) is 11.5 Å². The molecule has 1 aromatic rings. The Hall–Kier alpha value is -2.77. The molecule has 0 spiro atoms. The Bertz CT molecular complexity index is 814. The van der Waals surface area contributed by atoms with E-state index in [0.29, 0.717) is 55.6 Å². The van der Waals surface area contributed by atoms with Crippen LogP contribution in [0.3, 0.4) is 0 Å². The minimum Gasteiger partial charge on any atom is -0.493 e. The molecule has 1 aromatic carbocycles. The maximum Gasteiger partial charge on any atom is 0.317 e. The van der Waals surface area contributed by atoms with Crippen LogP contribution in [0.1, 0.15) is 75.1 Å². The van der Waals surface area contributed by atoms with Gasteiger partial charge in [-0.2, -0.15) is 0 Å². The zero-order valence-corrected chi connectivity index (χ0v) is 19.9. The van der Waals surface area contributed by atoms with Crippen molar-refractivity contribution < 1.29 is 23.9 Å². The summed E-state index contributed by atoms with van der Waals surface area (Å²) in [6.07, 6.45) is 8.33. The van der Waals surface area contributed by atoms with Gasteiger partial charge in [-0.1, -0.05) is 19.3 Å². The van der Waals surface area contributed by atoms with Crippen molar-refractivity contribution >= 4 is 17.7 Å². The highest BCUT2D eigenvalue weighted by Gasteiger charge is 2.25. The van der Waals surface area contributed by atoms with Crippen LogP contribution in [-0.2, 0) is 4.79 Å². The molecule has 1 saturated carbocycles. The van der Waals surface area contributed by atoms with Crippen molar-refractivity contribution in [3.05, 3.63) is 23.8 Å². The third-order valence-corrected chi connectivity index (χ3v) is 6.46. The number of hydrogen-bond donors (Lipinski definition) is 2. The predicted octanol–water partition coefficient (Wildman–Crippen LogP) is 3.68. The minimum absolute atomic E-state index is 0.00241. The number of carbonyl (C=O) groups is 3. The fourth-order valence-electron chi connectivity index (χ4n) is 4.46. The molecule has 3 amide bonds. The second kappa shape index (κ2) is 12.5. The van der Waals surface area contributed by atoms with Crippen LogP contribution >= 0.6 is 0 Å². The van der Waals surface area contributed by atoms with Gasteiger partial charge in [0.1, 0.15) is 0 Å². The second-order valence-electron chi connectivity index (χ2n) is 8.99. The maximum atomic E-state index is 12.5. The standard InChI is InChI=1S/C25H37N3O5/c1-18(29)19-10-11-22(23(17-19)32-2)33-16-6-9-24(30)26-21-12-14-28(15-13-21)25(31)27-20-7-4-3-5-8-20/h10-11,17,20-21H,3-9,12-16H2,1-2H3,(H,26,30)(H,27,31). The number of nitrogens with one attached hydrogen (secondary N) is 2. The monoisotopic (exact) mass is 459 g/mol. The van der Waals surface area contributed by atoms with Crippen LogP contribution in [0, 0.1) is 0 Å². The Morgan fingerprint density at radius 1 is 0.970 bits per heavy atom. The van der Waals surface area contributed by atoms with Crippen molar-refractivity contribution in [2.75, 3.05) is 26.8 Å². The van der Waals surface area contributed by atoms with E-state index in [1.807, 2.05) is 4.90 Å². The van der Waals surface area contributed by atoms with E-state index in [-0.39, 0.29) is 23.8 Å². The van der Waals surface area contributed by atoms with E-state index in [1.165, 1.54) is 33.3 Å². The highest BCUT2D eigenvalue weighted by atomic mass is 16.5. The summed E-state index contributed by atoms with van der Waals surface area (Å²) in [5.41, 5.74) is 0.566. The molecule has 33 heavy (non-hydrogen) atoms. The molecule has 182 valence electrons. The number of ether oxygens (including phenoxy) is 2. The largest absolute Gasteiger partial charge is 0.493 e. The van der Waals surface area contributed by atoms with Gasteiger partial charge < -0.3 is 25.0 Å². The quantitative estimate of drug-likeness (QED) is 0.434. The first-order chi connectivity index (χ1) is 16.0. The molecule has 2 N–H and O–H groups in total. The number of rotatable bonds is 9. The van der Waals surface area contributed by atoms with Crippen molar-refractivity contribution in [2.24, 2.45) is 0 Å². The van der Waals surface area contributed by atoms with Gasteiger partial charge in [-0.25, -0.2) is 4.79 Å². The van der Waals surface area contributed by atoms with Gasteiger partial charge in [0.2, 0.25) is 5.91 Å². The van der Waals surface area contributed by atoms with E-state index in [0.717, 1.165) is 25.7 Å². The summed E-state index contributed by atoms with van der Waals surface area (Å²) < 4.78 is 11.0. The van der Waals surface area contributed by atoms with Gasteiger partial charge in [0.15, 0.2) is 17.3 Å². The lowest BCUT2D eigenvalue weighted by Crippen LogP contribution is -2.51. The van der Waals surface area contributed by atoms with Crippen LogP contribution < -0.4 is 20.1 Å². The molecule has 1 aliphatic carbocycles. The lowest BCUT2D eigenvalue weighted by atomic mass is 9.95. The summed E-state index contributed by atoms with van der Waals surface area (Å²) in [5, 5.41) is 6.25. The summed E-state index contributed by atoms with van der Waals surface area (Å²) in [4.78, 5) is 38.2. The molecule has 0 atom stereocenters. The number of ketones is 1. The Balaban J connectivity index is 1.31. The molecule has 0 aromatic heterocycles. The normalized spacial score (nSPS) is 17.3. The summed E-state index contributed by atoms with van der Waals surface area (Å²) >= 11 is 0. The van der Waals surface area contributed by atoms with Gasteiger partial charge in [-0.15, -0.1) is 0 Å². The SMILES string of the molecule is COc1cc(C(C)=O)ccc1OCCCC(=O)NC1CCN(C(=O)NC2CCCCC2)CC1.